The van der Waals surface area contributed by atoms with Gasteiger partial charge in [0.2, 0.25) is 0 Å². The van der Waals surface area contributed by atoms with Crippen LogP contribution < -0.4 is 11.1 Å². The fourth-order valence-electron chi connectivity index (χ4n) is 1.66. The molecule has 0 aliphatic carbocycles. The molecule has 1 atom stereocenters. The van der Waals surface area contributed by atoms with E-state index in [0.717, 1.165) is 6.07 Å². The Labute approximate surface area is 126 Å². The molecule has 1 aromatic rings. The minimum atomic E-state index is -2.46. The summed E-state index contributed by atoms with van der Waals surface area (Å²) >= 11 is 0. The monoisotopic (exact) mass is 298 g/mol. The van der Waals surface area contributed by atoms with Gasteiger partial charge >= 0.3 is 6.09 Å². The van der Waals surface area contributed by atoms with E-state index in [9.17, 15) is 14.0 Å². The van der Waals surface area contributed by atoms with Crippen molar-refractivity contribution >= 4 is 12.0 Å². The van der Waals surface area contributed by atoms with Gasteiger partial charge in [-0.2, -0.15) is 0 Å². The molecule has 0 heterocycles. The Hall–Kier alpha value is -2.11. The average molecular weight is 298 g/mol. The maximum atomic E-state index is 13.7. The first-order chi connectivity index (χ1) is 10.4. The summed E-state index contributed by atoms with van der Waals surface area (Å²) in [6.07, 6.45) is -2.27. The van der Waals surface area contributed by atoms with Crippen LogP contribution in [0.2, 0.25) is 0 Å². The van der Waals surface area contributed by atoms with Crippen LogP contribution in [0.4, 0.5) is 9.18 Å². The molecule has 0 unspecified atom stereocenters. The van der Waals surface area contributed by atoms with Gasteiger partial charge in [-0.1, -0.05) is 39.0 Å². The Morgan fingerprint density at radius 1 is 1.43 bits per heavy atom. The molecule has 0 fully saturated rings. The number of nitrogens with two attached hydrogens (primary N) is 1. The Balaban J connectivity index is 2.96. The lowest BCUT2D eigenvalue weighted by Gasteiger charge is -2.24. The normalized spacial score (nSPS) is 14.7. The summed E-state index contributed by atoms with van der Waals surface area (Å²) in [5, 5.41) is 2.06. The SMILES string of the molecule is [2H]C([2H])(NC(=O)[C@H](CC(C)(C)C)OC(N)=O)c1ccccc1F. The van der Waals surface area contributed by atoms with Gasteiger partial charge < -0.3 is 15.8 Å². The first kappa shape index (κ1) is 13.9. The molecule has 0 spiro atoms. The van der Waals surface area contributed by atoms with Gasteiger partial charge in [-0.05, 0) is 17.9 Å². The summed E-state index contributed by atoms with van der Waals surface area (Å²) in [6.45, 7) is 3.01. The molecule has 0 aliphatic heterocycles. The molecule has 0 radical (unpaired) electrons. The number of carbonyl (C=O) groups excluding carboxylic acids is 2. The standard InChI is InChI=1S/C15H21FN2O3/c1-15(2,3)8-12(21-14(17)20)13(19)18-9-10-6-4-5-7-11(10)16/h4-7,12H,8-9H2,1-3H3,(H2,17,20)(H,18,19)/t12-/m0/s1/i9D2. The van der Waals surface area contributed by atoms with E-state index < -0.39 is 30.4 Å². The molecule has 1 rings (SSSR count). The average Bonchev–Trinajstić information content (AvgIpc) is 2.35. The largest absolute Gasteiger partial charge is 0.436 e. The molecule has 21 heavy (non-hydrogen) atoms. The van der Waals surface area contributed by atoms with Crippen LogP contribution in [0.25, 0.3) is 0 Å². The Bertz CT molecular complexity index is 588. The van der Waals surface area contributed by atoms with Crippen LogP contribution in [0, 0.1) is 11.2 Å². The number of hydrogen-bond acceptors (Lipinski definition) is 3. The van der Waals surface area contributed by atoms with Crippen LogP contribution in [-0.4, -0.2) is 18.1 Å². The highest BCUT2D eigenvalue weighted by Crippen LogP contribution is 2.22. The van der Waals surface area contributed by atoms with Crippen molar-refractivity contribution in [2.75, 3.05) is 0 Å². The summed E-state index contributed by atoms with van der Waals surface area (Å²) in [6, 6.07) is 5.18. The van der Waals surface area contributed by atoms with Crippen molar-refractivity contribution in [2.24, 2.45) is 11.1 Å². The quantitative estimate of drug-likeness (QED) is 0.875. The van der Waals surface area contributed by atoms with Crippen LogP contribution >= 0.6 is 0 Å². The van der Waals surface area contributed by atoms with Crippen molar-refractivity contribution in [1.29, 1.82) is 0 Å². The second-order valence-corrected chi connectivity index (χ2v) is 5.78. The minimum absolute atomic E-state index is 0.134. The Kier molecular flexibility index (Phi) is 4.66. The van der Waals surface area contributed by atoms with Gasteiger partial charge in [-0.15, -0.1) is 0 Å². The number of carbonyl (C=O) groups is 2. The molecular weight excluding hydrogens is 275 g/mol. The molecule has 0 aromatic heterocycles. The van der Waals surface area contributed by atoms with Gasteiger partial charge in [0, 0.05) is 12.1 Å². The second kappa shape index (κ2) is 7.06. The summed E-state index contributed by atoms with van der Waals surface area (Å²) in [5.41, 5.74) is 4.26. The highest BCUT2D eigenvalue weighted by molar-refractivity contribution is 5.83. The molecule has 116 valence electrons. The molecular formula is C15H21FN2O3. The van der Waals surface area contributed by atoms with Gasteiger partial charge in [-0.3, -0.25) is 4.79 Å². The van der Waals surface area contributed by atoms with Gasteiger partial charge in [0.15, 0.2) is 6.10 Å². The third-order valence-electron chi connectivity index (χ3n) is 2.54. The lowest BCUT2D eigenvalue weighted by molar-refractivity contribution is -0.131. The van der Waals surface area contributed by atoms with Gasteiger partial charge in [-0.25, -0.2) is 9.18 Å². The number of ether oxygens (including phenoxy) is 1. The smallest absolute Gasteiger partial charge is 0.405 e. The minimum Gasteiger partial charge on any atom is -0.436 e. The van der Waals surface area contributed by atoms with Crippen molar-refractivity contribution in [2.45, 2.75) is 39.8 Å². The molecule has 5 nitrogen and oxygen atoms in total. The number of halogens is 1. The first-order valence-electron chi connectivity index (χ1n) is 7.45. The molecule has 3 N–H and O–H groups in total. The number of amides is 2. The summed E-state index contributed by atoms with van der Waals surface area (Å²) in [7, 11) is 0. The van der Waals surface area contributed by atoms with Crippen molar-refractivity contribution in [3.8, 4) is 0 Å². The highest BCUT2D eigenvalue weighted by Gasteiger charge is 2.27. The van der Waals surface area contributed by atoms with Crippen LogP contribution in [-0.2, 0) is 16.0 Å². The summed E-state index contributed by atoms with van der Waals surface area (Å²) in [5.74, 6) is -1.67. The zero-order valence-electron chi connectivity index (χ0n) is 14.3. The number of hydrogen-bond donors (Lipinski definition) is 2. The number of benzene rings is 1. The Morgan fingerprint density at radius 3 is 2.57 bits per heavy atom. The molecule has 0 bridgehead atoms. The second-order valence-electron chi connectivity index (χ2n) is 5.78. The van der Waals surface area contributed by atoms with Gasteiger partial charge in [0.25, 0.3) is 5.91 Å². The van der Waals surface area contributed by atoms with E-state index in [-0.39, 0.29) is 17.4 Å². The predicted octanol–water partition coefficient (Wildman–Crippen LogP) is 2.34. The van der Waals surface area contributed by atoms with E-state index in [1.54, 1.807) is 0 Å². The molecule has 2 amide bonds. The maximum absolute atomic E-state index is 13.7. The van der Waals surface area contributed by atoms with E-state index >= 15 is 0 Å². The third-order valence-corrected chi connectivity index (χ3v) is 2.54. The van der Waals surface area contributed by atoms with E-state index in [2.05, 4.69) is 5.32 Å². The van der Waals surface area contributed by atoms with Gasteiger partial charge in [0.1, 0.15) is 5.82 Å². The van der Waals surface area contributed by atoms with Crippen LogP contribution in [0.3, 0.4) is 0 Å². The summed E-state index contributed by atoms with van der Waals surface area (Å²) < 4.78 is 34.2. The van der Waals surface area contributed by atoms with Crippen LogP contribution in [0.1, 0.15) is 35.5 Å². The fourth-order valence-corrected chi connectivity index (χ4v) is 1.66. The van der Waals surface area contributed by atoms with Crippen LogP contribution in [0.15, 0.2) is 24.3 Å². The van der Waals surface area contributed by atoms with E-state index in [4.69, 9.17) is 13.2 Å². The zero-order chi connectivity index (χ0) is 17.8. The first-order valence-corrected chi connectivity index (χ1v) is 6.45. The lowest BCUT2D eigenvalue weighted by atomic mass is 9.89. The molecule has 6 heteroatoms. The number of primary amides is 1. The Morgan fingerprint density at radius 2 is 2.05 bits per heavy atom. The predicted molar refractivity (Wildman–Crippen MR) is 76.8 cm³/mol. The summed E-state index contributed by atoms with van der Waals surface area (Å²) in [4.78, 5) is 23.2. The maximum Gasteiger partial charge on any atom is 0.405 e. The van der Waals surface area contributed by atoms with E-state index in [0.29, 0.717) is 0 Å². The molecule has 0 saturated heterocycles. The molecule has 1 aromatic carbocycles. The number of rotatable bonds is 5. The fraction of sp³-hybridized carbons (Fsp3) is 0.467. The van der Waals surface area contributed by atoms with Crippen LogP contribution in [0.5, 0.6) is 0 Å². The van der Waals surface area contributed by atoms with Crippen molar-refractivity contribution in [3.05, 3.63) is 35.6 Å². The lowest BCUT2D eigenvalue weighted by Crippen LogP contribution is -2.40. The topological polar surface area (TPSA) is 81.4 Å². The van der Waals surface area contributed by atoms with E-state index in [1.807, 2.05) is 20.8 Å². The number of nitrogens with one attached hydrogen (secondary N) is 1. The van der Waals surface area contributed by atoms with Crippen molar-refractivity contribution < 1.29 is 21.5 Å². The van der Waals surface area contributed by atoms with Gasteiger partial charge in [0.05, 0.1) is 2.74 Å². The zero-order valence-corrected chi connectivity index (χ0v) is 12.3. The highest BCUT2D eigenvalue weighted by atomic mass is 19.1. The van der Waals surface area contributed by atoms with E-state index in [1.165, 1.54) is 18.2 Å². The third kappa shape index (κ3) is 6.25. The van der Waals surface area contributed by atoms with Crippen molar-refractivity contribution in [3.63, 3.8) is 0 Å². The van der Waals surface area contributed by atoms with Crippen molar-refractivity contribution in [1.82, 2.24) is 5.32 Å². The molecule has 0 aliphatic rings. The molecule has 0 saturated carbocycles.